The second-order valence-corrected chi connectivity index (χ2v) is 4.13. The van der Waals surface area contributed by atoms with Gasteiger partial charge in [0.15, 0.2) is 0 Å². The Labute approximate surface area is 66.6 Å². The fourth-order valence-electron chi connectivity index (χ4n) is 2.79. The van der Waals surface area contributed by atoms with Crippen LogP contribution in [0.4, 0.5) is 0 Å². The first-order chi connectivity index (χ1) is 5.36. The smallest absolute Gasteiger partial charge is 0.223 e. The number of carbonyl (C=O) groups excluding carboxylic acids is 1. The van der Waals surface area contributed by atoms with Crippen LogP contribution in [0.15, 0.2) is 0 Å². The second-order valence-electron chi connectivity index (χ2n) is 4.13. The van der Waals surface area contributed by atoms with E-state index in [0.717, 1.165) is 18.8 Å². The molecule has 0 bridgehead atoms. The van der Waals surface area contributed by atoms with E-state index in [1.54, 1.807) is 0 Å². The van der Waals surface area contributed by atoms with Gasteiger partial charge in [-0.25, -0.2) is 0 Å². The predicted molar refractivity (Wildman–Crippen MR) is 41.0 cm³/mol. The van der Waals surface area contributed by atoms with Crippen LogP contribution in [-0.2, 0) is 4.79 Å². The molecule has 0 aromatic rings. The van der Waals surface area contributed by atoms with Crippen molar-refractivity contribution in [1.82, 2.24) is 4.90 Å². The minimum atomic E-state index is 0.433. The molecule has 2 saturated heterocycles. The first kappa shape index (κ1) is 6.04. The molecule has 0 aromatic carbocycles. The molecule has 1 aliphatic carbocycles. The number of piperidine rings is 1. The fraction of sp³-hybridized carbons (Fsp3) is 0.889. The van der Waals surface area contributed by atoms with Crippen molar-refractivity contribution >= 4 is 5.91 Å². The molecule has 11 heavy (non-hydrogen) atoms. The summed E-state index contributed by atoms with van der Waals surface area (Å²) in [6, 6.07) is 1.33. The Hall–Kier alpha value is -0.530. The van der Waals surface area contributed by atoms with Crippen LogP contribution < -0.4 is 0 Å². The number of rotatable bonds is 0. The number of carbonyl (C=O) groups is 1. The molecule has 3 fully saturated rings. The van der Waals surface area contributed by atoms with E-state index in [9.17, 15) is 4.79 Å². The topological polar surface area (TPSA) is 20.3 Å². The Morgan fingerprint density at radius 3 is 3.09 bits per heavy atom. The molecule has 2 aliphatic heterocycles. The van der Waals surface area contributed by atoms with Gasteiger partial charge in [-0.2, -0.15) is 0 Å². The van der Waals surface area contributed by atoms with Gasteiger partial charge >= 0.3 is 0 Å². The summed E-state index contributed by atoms with van der Waals surface area (Å²) in [6.07, 6.45) is 5.95. The van der Waals surface area contributed by atoms with Gasteiger partial charge in [-0.3, -0.25) is 4.79 Å². The molecule has 0 unspecified atom stereocenters. The molecule has 0 aromatic heterocycles. The molecule has 2 heteroatoms. The Morgan fingerprint density at radius 2 is 2.18 bits per heavy atom. The fourth-order valence-corrected chi connectivity index (χ4v) is 2.79. The van der Waals surface area contributed by atoms with Crippen LogP contribution in [0.3, 0.4) is 0 Å². The van der Waals surface area contributed by atoms with E-state index < -0.39 is 0 Å². The van der Waals surface area contributed by atoms with Crippen LogP contribution in [0.1, 0.15) is 32.1 Å². The molecule has 1 saturated carbocycles. The quantitative estimate of drug-likeness (QED) is 0.508. The van der Waals surface area contributed by atoms with E-state index in [1.807, 2.05) is 0 Å². The van der Waals surface area contributed by atoms with Crippen molar-refractivity contribution in [3.63, 3.8) is 0 Å². The molecule has 2 nitrogen and oxygen atoms in total. The van der Waals surface area contributed by atoms with Crippen molar-refractivity contribution in [3.05, 3.63) is 0 Å². The third-order valence-corrected chi connectivity index (χ3v) is 3.49. The van der Waals surface area contributed by atoms with Gasteiger partial charge in [0.25, 0.3) is 0 Å². The molecular weight excluding hydrogens is 138 g/mol. The van der Waals surface area contributed by atoms with Crippen molar-refractivity contribution in [3.8, 4) is 0 Å². The van der Waals surface area contributed by atoms with Crippen LogP contribution in [0, 0.1) is 5.92 Å². The lowest BCUT2D eigenvalue weighted by atomic mass is 10.0. The number of fused-ring (bicyclic) bond motifs is 3. The zero-order chi connectivity index (χ0) is 7.42. The van der Waals surface area contributed by atoms with Gasteiger partial charge in [0, 0.05) is 18.5 Å². The molecule has 0 N–H and O–H groups in total. The lowest BCUT2D eigenvalue weighted by molar-refractivity contribution is -0.130. The molecule has 2 heterocycles. The summed E-state index contributed by atoms with van der Waals surface area (Å²) in [6.45, 7) is 0. The Balaban J connectivity index is 1.89. The van der Waals surface area contributed by atoms with E-state index in [1.165, 1.54) is 19.3 Å². The summed E-state index contributed by atoms with van der Waals surface area (Å²) in [5.41, 5.74) is 0. The number of nitrogens with zero attached hydrogens (tertiary/aromatic N) is 1. The van der Waals surface area contributed by atoms with Crippen LogP contribution in [0.5, 0.6) is 0 Å². The third kappa shape index (κ3) is 0.700. The normalized spacial score (nSPS) is 47.1. The van der Waals surface area contributed by atoms with Gasteiger partial charge in [0.2, 0.25) is 5.91 Å². The summed E-state index contributed by atoms with van der Waals surface area (Å²) < 4.78 is 0. The van der Waals surface area contributed by atoms with Gasteiger partial charge in [0.1, 0.15) is 0 Å². The van der Waals surface area contributed by atoms with Crippen LogP contribution in [-0.4, -0.2) is 22.9 Å². The highest BCUT2D eigenvalue weighted by atomic mass is 16.2. The van der Waals surface area contributed by atoms with Gasteiger partial charge in [0.05, 0.1) is 0 Å². The Kier molecular flexibility index (Phi) is 0.984. The highest BCUT2D eigenvalue weighted by Crippen LogP contribution is 2.48. The minimum absolute atomic E-state index is 0.433. The van der Waals surface area contributed by atoms with Gasteiger partial charge in [-0.05, 0) is 31.6 Å². The molecule has 0 radical (unpaired) electrons. The number of hydrogen-bond acceptors (Lipinski definition) is 1. The predicted octanol–water partition coefficient (Wildman–Crippen LogP) is 1.16. The summed E-state index contributed by atoms with van der Waals surface area (Å²) in [5, 5.41) is 0. The van der Waals surface area contributed by atoms with Gasteiger partial charge in [-0.1, -0.05) is 0 Å². The van der Waals surface area contributed by atoms with Gasteiger partial charge in [-0.15, -0.1) is 0 Å². The molecule has 1 amide bonds. The monoisotopic (exact) mass is 151 g/mol. The summed E-state index contributed by atoms with van der Waals surface area (Å²) in [7, 11) is 0. The van der Waals surface area contributed by atoms with Crippen LogP contribution >= 0.6 is 0 Å². The maximum Gasteiger partial charge on any atom is 0.223 e. The largest absolute Gasteiger partial charge is 0.336 e. The maximum absolute atomic E-state index is 11.4. The SMILES string of the molecule is O=C1CC[C@@H]2CC[C@@H]3C[C@@H]3N12. The van der Waals surface area contributed by atoms with E-state index in [-0.39, 0.29) is 0 Å². The molecule has 3 atom stereocenters. The first-order valence-electron chi connectivity index (χ1n) is 4.67. The lowest BCUT2D eigenvalue weighted by Crippen LogP contribution is -2.38. The number of hydrogen-bond donors (Lipinski definition) is 0. The highest BCUT2D eigenvalue weighted by Gasteiger charge is 2.51. The van der Waals surface area contributed by atoms with E-state index in [2.05, 4.69) is 4.90 Å². The minimum Gasteiger partial charge on any atom is -0.336 e. The first-order valence-corrected chi connectivity index (χ1v) is 4.67. The summed E-state index contributed by atoms with van der Waals surface area (Å²) in [5.74, 6) is 1.33. The van der Waals surface area contributed by atoms with Crippen molar-refractivity contribution in [1.29, 1.82) is 0 Å². The maximum atomic E-state index is 11.4. The average molecular weight is 151 g/mol. The second kappa shape index (κ2) is 1.79. The van der Waals surface area contributed by atoms with Gasteiger partial charge < -0.3 is 4.90 Å². The van der Waals surface area contributed by atoms with E-state index in [4.69, 9.17) is 0 Å². The molecule has 60 valence electrons. The Bertz CT molecular complexity index is 214. The van der Waals surface area contributed by atoms with Crippen molar-refractivity contribution < 1.29 is 4.79 Å². The molecule has 3 rings (SSSR count). The molecule has 0 spiro atoms. The van der Waals surface area contributed by atoms with Crippen molar-refractivity contribution in [2.24, 2.45) is 5.92 Å². The van der Waals surface area contributed by atoms with Crippen molar-refractivity contribution in [2.75, 3.05) is 0 Å². The number of amides is 1. The zero-order valence-electron chi connectivity index (χ0n) is 6.62. The van der Waals surface area contributed by atoms with Crippen LogP contribution in [0.25, 0.3) is 0 Å². The van der Waals surface area contributed by atoms with Crippen LogP contribution in [0.2, 0.25) is 0 Å². The third-order valence-electron chi connectivity index (χ3n) is 3.49. The lowest BCUT2D eigenvalue weighted by Gasteiger charge is -2.29. The average Bonchev–Trinajstić information content (AvgIpc) is 2.71. The highest BCUT2D eigenvalue weighted by molar-refractivity contribution is 5.79. The zero-order valence-corrected chi connectivity index (χ0v) is 6.62. The van der Waals surface area contributed by atoms with E-state index >= 15 is 0 Å². The Morgan fingerprint density at radius 1 is 1.27 bits per heavy atom. The summed E-state index contributed by atoms with van der Waals surface area (Å²) in [4.78, 5) is 13.6. The summed E-state index contributed by atoms with van der Waals surface area (Å²) >= 11 is 0. The molecular formula is C9H13NO. The molecule has 3 aliphatic rings. The van der Waals surface area contributed by atoms with E-state index in [0.29, 0.717) is 18.0 Å². The standard InChI is InChI=1S/C9H13NO/c11-9-4-3-7-2-1-6-5-8(6)10(7)9/h6-8H,1-5H2/t6-,7+,8+/m1/s1. The van der Waals surface area contributed by atoms with Crippen molar-refractivity contribution in [2.45, 2.75) is 44.2 Å².